The molecule has 84 valence electrons. The predicted molar refractivity (Wildman–Crippen MR) is 58.1 cm³/mol. The molecule has 1 aliphatic rings. The molecule has 1 heterocycles. The summed E-state index contributed by atoms with van der Waals surface area (Å²) < 4.78 is 0. The zero-order valence-corrected chi connectivity index (χ0v) is 9.01. The van der Waals surface area contributed by atoms with Gasteiger partial charge in [0, 0.05) is 6.54 Å². The minimum atomic E-state index is -0.510. The first-order valence-electron chi connectivity index (χ1n) is 5.24. The molecular formula is C12H13NO3. The van der Waals surface area contributed by atoms with Crippen LogP contribution in [-0.4, -0.2) is 34.5 Å². The van der Waals surface area contributed by atoms with Crippen molar-refractivity contribution in [2.24, 2.45) is 0 Å². The number of aliphatic hydroxyl groups excluding tert-OH is 1. The Hall–Kier alpha value is -1.68. The molecule has 0 radical (unpaired) electrons. The summed E-state index contributed by atoms with van der Waals surface area (Å²) in [6.45, 7) is 1.90. The Kier molecular flexibility index (Phi) is 2.75. The summed E-state index contributed by atoms with van der Waals surface area (Å²) in [4.78, 5) is 24.9. The van der Waals surface area contributed by atoms with Crippen LogP contribution >= 0.6 is 0 Å². The van der Waals surface area contributed by atoms with Crippen LogP contribution in [0.25, 0.3) is 0 Å². The molecule has 1 aliphatic heterocycles. The van der Waals surface area contributed by atoms with Crippen molar-refractivity contribution < 1.29 is 14.7 Å². The van der Waals surface area contributed by atoms with Gasteiger partial charge in [-0.1, -0.05) is 12.1 Å². The number of imide groups is 1. The van der Waals surface area contributed by atoms with Crippen molar-refractivity contribution in [3.8, 4) is 0 Å². The van der Waals surface area contributed by atoms with Crippen LogP contribution in [0.4, 0.5) is 0 Å². The number of nitrogens with zero attached hydrogens (tertiary/aromatic N) is 1. The van der Waals surface area contributed by atoms with Crippen LogP contribution in [0.5, 0.6) is 0 Å². The van der Waals surface area contributed by atoms with Gasteiger partial charge < -0.3 is 5.11 Å². The average Bonchev–Trinajstić information content (AvgIpc) is 2.50. The third kappa shape index (κ3) is 1.72. The highest BCUT2D eigenvalue weighted by Crippen LogP contribution is 2.22. The van der Waals surface area contributed by atoms with E-state index in [0.717, 1.165) is 0 Å². The molecule has 0 aromatic heterocycles. The number of carbonyl (C=O) groups excluding carboxylic acids is 2. The van der Waals surface area contributed by atoms with Crippen LogP contribution in [0.2, 0.25) is 0 Å². The molecule has 4 heteroatoms. The standard InChI is InChI=1S/C12H13NO3/c1-8(14)6-7-13-11(15)9-4-2-3-5-10(9)12(13)16/h2-5,8,14H,6-7H2,1H3/t8-/m0/s1. The van der Waals surface area contributed by atoms with Crippen molar-refractivity contribution in [2.75, 3.05) is 6.54 Å². The van der Waals surface area contributed by atoms with Gasteiger partial charge in [-0.05, 0) is 25.5 Å². The van der Waals surface area contributed by atoms with Crippen molar-refractivity contribution in [3.05, 3.63) is 35.4 Å². The molecule has 1 N–H and O–H groups in total. The molecule has 1 aromatic rings. The van der Waals surface area contributed by atoms with Gasteiger partial charge in [0.05, 0.1) is 17.2 Å². The predicted octanol–water partition coefficient (Wildman–Crippen LogP) is 1.05. The molecule has 4 nitrogen and oxygen atoms in total. The number of hydrogen-bond acceptors (Lipinski definition) is 3. The summed E-state index contributed by atoms with van der Waals surface area (Å²) in [5, 5.41) is 9.15. The molecule has 1 atom stereocenters. The molecule has 0 aliphatic carbocycles. The molecule has 0 saturated carbocycles. The van der Waals surface area contributed by atoms with E-state index < -0.39 is 6.10 Å². The summed E-state index contributed by atoms with van der Waals surface area (Å²) >= 11 is 0. The first-order chi connectivity index (χ1) is 7.61. The van der Waals surface area contributed by atoms with Gasteiger partial charge in [0.15, 0.2) is 0 Å². The number of aliphatic hydroxyl groups is 1. The molecule has 2 amide bonds. The summed E-state index contributed by atoms with van der Waals surface area (Å²) in [5.74, 6) is -0.525. The van der Waals surface area contributed by atoms with Crippen LogP contribution in [-0.2, 0) is 0 Å². The van der Waals surface area contributed by atoms with Gasteiger partial charge in [-0.15, -0.1) is 0 Å². The van der Waals surface area contributed by atoms with Crippen molar-refractivity contribution in [2.45, 2.75) is 19.4 Å². The zero-order chi connectivity index (χ0) is 11.7. The number of amides is 2. The van der Waals surface area contributed by atoms with E-state index in [-0.39, 0.29) is 18.4 Å². The van der Waals surface area contributed by atoms with E-state index in [9.17, 15) is 9.59 Å². The molecule has 0 unspecified atom stereocenters. The summed E-state index contributed by atoms with van der Waals surface area (Å²) in [5.41, 5.74) is 0.913. The lowest BCUT2D eigenvalue weighted by Gasteiger charge is -2.14. The molecule has 0 bridgehead atoms. The van der Waals surface area contributed by atoms with Crippen molar-refractivity contribution in [3.63, 3.8) is 0 Å². The maximum absolute atomic E-state index is 11.8. The summed E-state index contributed by atoms with van der Waals surface area (Å²) in [6, 6.07) is 6.78. The lowest BCUT2D eigenvalue weighted by atomic mass is 10.1. The second-order valence-corrected chi connectivity index (χ2v) is 3.95. The number of rotatable bonds is 3. The Morgan fingerprint density at radius 2 is 1.69 bits per heavy atom. The molecule has 0 spiro atoms. The van der Waals surface area contributed by atoms with E-state index in [1.165, 1.54) is 4.90 Å². The van der Waals surface area contributed by atoms with Crippen LogP contribution in [0.15, 0.2) is 24.3 Å². The van der Waals surface area contributed by atoms with E-state index in [1.54, 1.807) is 31.2 Å². The fourth-order valence-corrected chi connectivity index (χ4v) is 1.76. The van der Waals surface area contributed by atoms with E-state index in [0.29, 0.717) is 17.5 Å². The van der Waals surface area contributed by atoms with E-state index in [4.69, 9.17) is 5.11 Å². The normalized spacial score (nSPS) is 16.5. The maximum atomic E-state index is 11.8. The highest BCUT2D eigenvalue weighted by molar-refractivity contribution is 6.21. The maximum Gasteiger partial charge on any atom is 0.261 e. The lowest BCUT2D eigenvalue weighted by Crippen LogP contribution is -2.32. The largest absolute Gasteiger partial charge is 0.393 e. The summed E-state index contributed by atoms with van der Waals surface area (Å²) in [7, 11) is 0. The van der Waals surface area contributed by atoms with E-state index in [2.05, 4.69) is 0 Å². The van der Waals surface area contributed by atoms with Gasteiger partial charge in [0.25, 0.3) is 11.8 Å². The minimum absolute atomic E-state index is 0.263. The minimum Gasteiger partial charge on any atom is -0.393 e. The first-order valence-corrected chi connectivity index (χ1v) is 5.24. The van der Waals surface area contributed by atoms with Crippen molar-refractivity contribution in [1.82, 2.24) is 4.90 Å². The van der Waals surface area contributed by atoms with Gasteiger partial charge in [0.1, 0.15) is 0 Å². The molecule has 0 fully saturated rings. The SMILES string of the molecule is C[C@H](O)CCN1C(=O)c2ccccc2C1=O. The Balaban J connectivity index is 2.22. The Morgan fingerprint density at radius 1 is 1.19 bits per heavy atom. The zero-order valence-electron chi connectivity index (χ0n) is 9.01. The van der Waals surface area contributed by atoms with Crippen LogP contribution in [0, 0.1) is 0 Å². The second kappa shape index (κ2) is 4.06. The van der Waals surface area contributed by atoms with Crippen LogP contribution in [0.1, 0.15) is 34.1 Å². The number of fused-ring (bicyclic) bond motifs is 1. The average molecular weight is 219 g/mol. The Bertz CT molecular complexity index is 405. The molecule has 1 aromatic carbocycles. The third-order valence-electron chi connectivity index (χ3n) is 2.65. The van der Waals surface area contributed by atoms with Gasteiger partial charge >= 0.3 is 0 Å². The van der Waals surface area contributed by atoms with Crippen molar-refractivity contribution >= 4 is 11.8 Å². The molecule has 2 rings (SSSR count). The number of hydrogen-bond donors (Lipinski definition) is 1. The third-order valence-corrected chi connectivity index (χ3v) is 2.65. The number of carbonyl (C=O) groups is 2. The smallest absolute Gasteiger partial charge is 0.261 e. The highest BCUT2D eigenvalue weighted by Gasteiger charge is 2.34. The topological polar surface area (TPSA) is 57.6 Å². The fourth-order valence-electron chi connectivity index (χ4n) is 1.76. The van der Waals surface area contributed by atoms with E-state index in [1.807, 2.05) is 0 Å². The van der Waals surface area contributed by atoms with Gasteiger partial charge in [0.2, 0.25) is 0 Å². The van der Waals surface area contributed by atoms with Crippen LogP contribution < -0.4 is 0 Å². The van der Waals surface area contributed by atoms with Crippen LogP contribution in [0.3, 0.4) is 0 Å². The molecule has 0 saturated heterocycles. The summed E-state index contributed by atoms with van der Waals surface area (Å²) in [6.07, 6.45) is -0.102. The fraction of sp³-hybridized carbons (Fsp3) is 0.333. The molecule has 16 heavy (non-hydrogen) atoms. The van der Waals surface area contributed by atoms with Gasteiger partial charge in [-0.3, -0.25) is 14.5 Å². The quantitative estimate of drug-likeness (QED) is 0.773. The molecular weight excluding hydrogens is 206 g/mol. The lowest BCUT2D eigenvalue weighted by molar-refractivity contribution is 0.0629. The second-order valence-electron chi connectivity index (χ2n) is 3.95. The van der Waals surface area contributed by atoms with Gasteiger partial charge in [-0.2, -0.15) is 0 Å². The monoisotopic (exact) mass is 219 g/mol. The number of benzene rings is 1. The first kappa shape index (κ1) is 10.8. The Morgan fingerprint density at radius 3 is 2.12 bits per heavy atom. The highest BCUT2D eigenvalue weighted by atomic mass is 16.3. The van der Waals surface area contributed by atoms with E-state index >= 15 is 0 Å². The Labute approximate surface area is 93.5 Å². The van der Waals surface area contributed by atoms with Crippen molar-refractivity contribution in [1.29, 1.82) is 0 Å². The van der Waals surface area contributed by atoms with Gasteiger partial charge in [-0.25, -0.2) is 0 Å².